The predicted octanol–water partition coefficient (Wildman–Crippen LogP) is 5.22. The molecular weight excluding hydrogens is 307 g/mol. The van der Waals surface area contributed by atoms with E-state index in [1.54, 1.807) is 0 Å². The van der Waals surface area contributed by atoms with Gasteiger partial charge in [-0.15, -0.1) is 0 Å². The molecule has 2 rings (SSSR count). The molecule has 0 spiro atoms. The average Bonchev–Trinajstić information content (AvgIpc) is 2.41. The number of aryl methyl sites for hydroxylation is 3. The van der Waals surface area contributed by atoms with E-state index < -0.39 is 0 Å². The average molecular weight is 325 g/mol. The first kappa shape index (κ1) is 16.0. The largest absolute Gasteiger partial charge is 0.506 e. The summed E-state index contributed by atoms with van der Waals surface area (Å²) in [5.74, 6) is 0.485. The fraction of sp³-hybridized carbons (Fsp3) is 0.294. The summed E-state index contributed by atoms with van der Waals surface area (Å²) in [4.78, 5) is 0. The first-order valence-corrected chi connectivity index (χ1v) is 7.41. The summed E-state index contributed by atoms with van der Waals surface area (Å²) < 4.78 is 5.21. The van der Waals surface area contributed by atoms with Gasteiger partial charge in [0, 0.05) is 18.1 Å². The molecule has 2 aromatic carbocycles. The Morgan fingerprint density at radius 1 is 1.00 bits per heavy atom. The smallest absolute Gasteiger partial charge is 0.139 e. The maximum atomic E-state index is 10.2. The highest BCUT2D eigenvalue weighted by molar-refractivity contribution is 6.36. The van der Waals surface area contributed by atoms with Gasteiger partial charge < -0.3 is 9.84 Å². The molecule has 1 N–H and O–H groups in total. The topological polar surface area (TPSA) is 29.5 Å². The number of hydrogen-bond donors (Lipinski definition) is 1. The minimum atomic E-state index is 0.0156. The Hall–Kier alpha value is -1.38. The lowest BCUT2D eigenvalue weighted by atomic mass is 9.94. The number of rotatable bonds is 3. The van der Waals surface area contributed by atoms with Crippen molar-refractivity contribution in [3.8, 4) is 11.5 Å². The summed E-state index contributed by atoms with van der Waals surface area (Å²) in [6.45, 7) is 6.18. The van der Waals surface area contributed by atoms with Crippen molar-refractivity contribution in [1.82, 2.24) is 0 Å². The predicted molar refractivity (Wildman–Crippen MR) is 88.1 cm³/mol. The minimum Gasteiger partial charge on any atom is -0.506 e. The van der Waals surface area contributed by atoms with E-state index in [0.29, 0.717) is 22.8 Å². The molecule has 4 heteroatoms. The number of benzene rings is 2. The number of phenols is 1. The van der Waals surface area contributed by atoms with E-state index in [2.05, 4.69) is 32.9 Å². The molecule has 0 aliphatic carbocycles. The van der Waals surface area contributed by atoms with Crippen molar-refractivity contribution in [3.63, 3.8) is 0 Å². The second-order valence-corrected chi connectivity index (χ2v) is 6.04. The van der Waals surface area contributed by atoms with Gasteiger partial charge in [-0.2, -0.15) is 0 Å². The van der Waals surface area contributed by atoms with Crippen LogP contribution >= 0.6 is 23.2 Å². The number of hydrogen-bond acceptors (Lipinski definition) is 2. The molecule has 0 aliphatic heterocycles. The Labute approximate surface area is 135 Å². The number of aromatic hydroxyl groups is 1. The molecule has 0 atom stereocenters. The van der Waals surface area contributed by atoms with Gasteiger partial charge in [0.1, 0.15) is 11.5 Å². The monoisotopic (exact) mass is 324 g/mol. The lowest BCUT2D eigenvalue weighted by Crippen LogP contribution is -1.99. The molecule has 0 unspecified atom stereocenters. The summed E-state index contributed by atoms with van der Waals surface area (Å²) in [6, 6.07) is 5.77. The SMILES string of the molecule is COc1cc(Cl)c(O)c(Cc2c(C)cc(C)cc2C)c1Cl. The molecule has 0 radical (unpaired) electrons. The number of methoxy groups -OCH3 is 1. The van der Waals surface area contributed by atoms with Gasteiger partial charge in [-0.1, -0.05) is 40.9 Å². The molecule has 0 saturated heterocycles. The Morgan fingerprint density at radius 3 is 2.10 bits per heavy atom. The Bertz CT molecular complexity index is 671. The zero-order valence-electron chi connectivity index (χ0n) is 12.6. The van der Waals surface area contributed by atoms with Crippen molar-refractivity contribution >= 4 is 23.2 Å². The van der Waals surface area contributed by atoms with E-state index in [0.717, 1.165) is 5.56 Å². The number of halogens is 2. The van der Waals surface area contributed by atoms with Gasteiger partial charge in [-0.25, -0.2) is 0 Å². The quantitative estimate of drug-likeness (QED) is 0.838. The van der Waals surface area contributed by atoms with Crippen molar-refractivity contribution in [1.29, 1.82) is 0 Å². The van der Waals surface area contributed by atoms with Crippen LogP contribution in [0.3, 0.4) is 0 Å². The lowest BCUT2D eigenvalue weighted by molar-refractivity contribution is 0.411. The van der Waals surface area contributed by atoms with E-state index in [-0.39, 0.29) is 10.8 Å². The molecule has 112 valence electrons. The van der Waals surface area contributed by atoms with Crippen LogP contribution < -0.4 is 4.74 Å². The molecule has 0 saturated carbocycles. The van der Waals surface area contributed by atoms with Crippen molar-refractivity contribution in [2.75, 3.05) is 7.11 Å². The summed E-state index contributed by atoms with van der Waals surface area (Å²) in [7, 11) is 1.53. The van der Waals surface area contributed by atoms with Gasteiger partial charge in [0.05, 0.1) is 17.2 Å². The van der Waals surface area contributed by atoms with Crippen LogP contribution in [0.15, 0.2) is 18.2 Å². The standard InChI is InChI=1S/C17H18Cl2O2/c1-9-5-10(2)12(11(3)6-9)7-13-16(19)15(21-4)8-14(18)17(13)20/h5-6,8,20H,7H2,1-4H3. The van der Waals surface area contributed by atoms with Crippen molar-refractivity contribution in [2.24, 2.45) is 0 Å². The normalized spacial score (nSPS) is 10.8. The van der Waals surface area contributed by atoms with Crippen LogP contribution in [0.5, 0.6) is 11.5 Å². The van der Waals surface area contributed by atoms with E-state index in [1.807, 2.05) is 0 Å². The highest BCUT2D eigenvalue weighted by atomic mass is 35.5. The van der Waals surface area contributed by atoms with E-state index in [4.69, 9.17) is 27.9 Å². The Balaban J connectivity index is 2.57. The highest BCUT2D eigenvalue weighted by Crippen LogP contribution is 2.41. The minimum absolute atomic E-state index is 0.0156. The maximum Gasteiger partial charge on any atom is 0.139 e. The summed E-state index contributed by atoms with van der Waals surface area (Å²) in [5, 5.41) is 10.9. The lowest BCUT2D eigenvalue weighted by Gasteiger charge is -2.16. The van der Waals surface area contributed by atoms with Crippen LogP contribution in [0.4, 0.5) is 0 Å². The number of ether oxygens (including phenoxy) is 1. The van der Waals surface area contributed by atoms with Gasteiger partial charge in [0.15, 0.2) is 0 Å². The van der Waals surface area contributed by atoms with E-state index >= 15 is 0 Å². The second kappa shape index (κ2) is 6.17. The molecule has 0 amide bonds. The molecule has 2 nitrogen and oxygen atoms in total. The third-order valence-electron chi connectivity index (χ3n) is 3.67. The first-order valence-electron chi connectivity index (χ1n) is 6.65. The molecule has 2 aromatic rings. The highest BCUT2D eigenvalue weighted by Gasteiger charge is 2.18. The fourth-order valence-corrected chi connectivity index (χ4v) is 3.12. The molecule has 0 bridgehead atoms. The van der Waals surface area contributed by atoms with Crippen molar-refractivity contribution in [3.05, 3.63) is 56.1 Å². The zero-order chi connectivity index (χ0) is 15.7. The summed E-state index contributed by atoms with van der Waals surface area (Å²) in [6.07, 6.45) is 0.513. The fourth-order valence-electron chi connectivity index (χ4n) is 2.62. The Kier molecular flexibility index (Phi) is 4.70. The van der Waals surface area contributed by atoms with Gasteiger partial charge >= 0.3 is 0 Å². The van der Waals surface area contributed by atoms with Crippen LogP contribution in [0, 0.1) is 20.8 Å². The molecule has 0 heterocycles. The van der Waals surface area contributed by atoms with Gasteiger partial charge in [-0.05, 0) is 37.5 Å². The van der Waals surface area contributed by atoms with Crippen LogP contribution in [0.1, 0.15) is 27.8 Å². The maximum absolute atomic E-state index is 10.2. The first-order chi connectivity index (χ1) is 9.85. The summed E-state index contributed by atoms with van der Waals surface area (Å²) in [5.41, 5.74) is 5.29. The van der Waals surface area contributed by atoms with Crippen LogP contribution in [-0.2, 0) is 6.42 Å². The van der Waals surface area contributed by atoms with Crippen molar-refractivity contribution < 1.29 is 9.84 Å². The second-order valence-electron chi connectivity index (χ2n) is 5.26. The summed E-state index contributed by atoms with van der Waals surface area (Å²) >= 11 is 12.4. The third-order valence-corrected chi connectivity index (χ3v) is 4.37. The van der Waals surface area contributed by atoms with Gasteiger partial charge in [0.2, 0.25) is 0 Å². The molecule has 21 heavy (non-hydrogen) atoms. The van der Waals surface area contributed by atoms with Crippen molar-refractivity contribution in [2.45, 2.75) is 27.2 Å². The van der Waals surface area contributed by atoms with E-state index in [9.17, 15) is 5.11 Å². The molecule has 0 aliphatic rings. The molecular formula is C17H18Cl2O2. The van der Waals surface area contributed by atoms with E-state index in [1.165, 1.54) is 29.9 Å². The Morgan fingerprint density at radius 2 is 1.57 bits per heavy atom. The van der Waals surface area contributed by atoms with Gasteiger partial charge in [-0.3, -0.25) is 0 Å². The zero-order valence-corrected chi connectivity index (χ0v) is 14.1. The molecule has 0 fully saturated rings. The van der Waals surface area contributed by atoms with Crippen LogP contribution in [0.25, 0.3) is 0 Å². The van der Waals surface area contributed by atoms with Crippen LogP contribution in [0.2, 0.25) is 10.0 Å². The van der Waals surface area contributed by atoms with Crippen LogP contribution in [-0.4, -0.2) is 12.2 Å². The number of phenolic OH excluding ortho intramolecular Hbond substituents is 1. The third kappa shape index (κ3) is 3.12. The molecule has 0 aromatic heterocycles. The van der Waals surface area contributed by atoms with Gasteiger partial charge in [0.25, 0.3) is 0 Å².